The molecule has 1 saturated carbocycles. The first-order valence-electron chi connectivity index (χ1n) is 11.5. The van der Waals surface area contributed by atoms with E-state index in [-0.39, 0.29) is 28.5 Å². The number of nitrogens with zero attached hydrogens (tertiary/aromatic N) is 2. The van der Waals surface area contributed by atoms with Gasteiger partial charge in [-0.3, -0.25) is 19.3 Å². The smallest absolute Gasteiger partial charge is 0.329 e. The quantitative estimate of drug-likeness (QED) is 0.410. The molecule has 11 heteroatoms. The number of nitrogens with one attached hydrogen (secondary N) is 1. The van der Waals surface area contributed by atoms with Crippen molar-refractivity contribution in [1.82, 2.24) is 9.21 Å². The molecule has 2 fully saturated rings. The number of esters is 1. The number of likely N-dealkylation sites (tertiary alicyclic amines) is 1. The van der Waals surface area contributed by atoms with Gasteiger partial charge in [-0.25, -0.2) is 13.2 Å². The number of anilines is 1. The second-order valence-corrected chi connectivity index (χ2v) is 10.4. The molecule has 2 unspecified atom stereocenters. The molecule has 0 spiro atoms. The topological polar surface area (TPSA) is 130 Å². The number of sulfonamides is 1. The van der Waals surface area contributed by atoms with Crippen LogP contribution in [0.1, 0.15) is 46.5 Å². The van der Waals surface area contributed by atoms with Gasteiger partial charge in [0.1, 0.15) is 6.04 Å². The highest BCUT2D eigenvalue weighted by atomic mass is 32.2. The van der Waals surface area contributed by atoms with Crippen molar-refractivity contribution < 1.29 is 32.3 Å². The summed E-state index contributed by atoms with van der Waals surface area (Å²) in [5.74, 6) is -2.89. The van der Waals surface area contributed by atoms with Crippen molar-refractivity contribution in [2.45, 2.75) is 57.4 Å². The second-order valence-electron chi connectivity index (χ2n) is 8.49. The third-order valence-electron chi connectivity index (χ3n) is 6.43. The number of hydrogen-bond acceptors (Lipinski definition) is 7. The molecule has 1 saturated heterocycles. The highest BCUT2D eigenvalue weighted by Gasteiger charge is 2.51. The van der Waals surface area contributed by atoms with Gasteiger partial charge in [0.25, 0.3) is 5.91 Å². The Kier molecular flexibility index (Phi) is 8.09. The number of hydrogen-bond donors (Lipinski definition) is 1. The number of carbonyl (C=O) groups is 4. The van der Waals surface area contributed by atoms with Crippen LogP contribution in [-0.2, 0) is 33.9 Å². The van der Waals surface area contributed by atoms with Gasteiger partial charge in [-0.1, -0.05) is 26.7 Å². The van der Waals surface area contributed by atoms with Crippen molar-refractivity contribution in [3.8, 4) is 0 Å². The Morgan fingerprint density at radius 1 is 1.06 bits per heavy atom. The van der Waals surface area contributed by atoms with Crippen LogP contribution < -0.4 is 5.32 Å². The van der Waals surface area contributed by atoms with E-state index in [2.05, 4.69) is 5.32 Å². The Labute approximate surface area is 199 Å². The molecule has 1 aliphatic carbocycles. The summed E-state index contributed by atoms with van der Waals surface area (Å²) in [6, 6.07) is 4.57. The molecule has 0 aromatic heterocycles. The SMILES string of the molecule is CCN(CC)S(=O)(=O)c1ccc(NC(=O)COC(=O)[C@H](C)N2C(=O)C3CCCCC3C2=O)cc1. The van der Waals surface area contributed by atoms with E-state index in [4.69, 9.17) is 4.74 Å². The molecule has 1 aromatic carbocycles. The first-order valence-corrected chi connectivity index (χ1v) is 13.0. The summed E-state index contributed by atoms with van der Waals surface area (Å²) in [4.78, 5) is 51.0. The van der Waals surface area contributed by atoms with Crippen molar-refractivity contribution in [3.05, 3.63) is 24.3 Å². The maximum Gasteiger partial charge on any atom is 0.329 e. The van der Waals surface area contributed by atoms with Crippen LogP contribution >= 0.6 is 0 Å². The van der Waals surface area contributed by atoms with E-state index in [0.717, 1.165) is 17.7 Å². The lowest BCUT2D eigenvalue weighted by molar-refractivity contribution is -0.159. The fourth-order valence-electron chi connectivity index (χ4n) is 4.55. The van der Waals surface area contributed by atoms with Crippen LogP contribution in [0, 0.1) is 11.8 Å². The zero-order valence-electron chi connectivity index (χ0n) is 19.7. The number of benzene rings is 1. The first kappa shape index (κ1) is 25.8. The van der Waals surface area contributed by atoms with E-state index in [1.807, 2.05) is 0 Å². The third-order valence-corrected chi connectivity index (χ3v) is 8.49. The Bertz CT molecular complexity index is 1030. The van der Waals surface area contributed by atoms with E-state index in [0.29, 0.717) is 31.6 Å². The van der Waals surface area contributed by atoms with Gasteiger partial charge in [-0.2, -0.15) is 4.31 Å². The van der Waals surface area contributed by atoms with E-state index < -0.39 is 34.5 Å². The highest BCUT2D eigenvalue weighted by molar-refractivity contribution is 7.89. The van der Waals surface area contributed by atoms with E-state index in [1.165, 1.54) is 35.5 Å². The number of ether oxygens (including phenoxy) is 1. The number of carbonyl (C=O) groups excluding carboxylic acids is 4. The number of imide groups is 1. The number of rotatable bonds is 9. The summed E-state index contributed by atoms with van der Waals surface area (Å²) < 4.78 is 31.4. The summed E-state index contributed by atoms with van der Waals surface area (Å²) in [7, 11) is -3.61. The van der Waals surface area contributed by atoms with Gasteiger partial charge in [-0.15, -0.1) is 0 Å². The molecule has 10 nitrogen and oxygen atoms in total. The maximum absolute atomic E-state index is 12.6. The summed E-state index contributed by atoms with van der Waals surface area (Å²) in [6.45, 7) is 5.00. The van der Waals surface area contributed by atoms with Gasteiger partial charge in [0.2, 0.25) is 21.8 Å². The summed E-state index contributed by atoms with van der Waals surface area (Å²) in [6.07, 6.45) is 3.06. The molecule has 3 amide bonds. The van der Waals surface area contributed by atoms with Gasteiger partial charge in [0.15, 0.2) is 6.61 Å². The standard InChI is InChI=1S/C23H31N3O7S/c1-4-25(5-2)34(31,32)17-12-10-16(11-13-17)24-20(27)14-33-23(30)15(3)26-21(28)18-8-6-7-9-19(18)22(26)29/h10-13,15,18-19H,4-9,14H2,1-3H3,(H,24,27)/t15-,18?,19?/m0/s1. The monoisotopic (exact) mass is 493 g/mol. The van der Waals surface area contributed by atoms with Crippen LogP contribution in [-0.4, -0.2) is 67.1 Å². The van der Waals surface area contributed by atoms with Gasteiger partial charge >= 0.3 is 5.97 Å². The maximum atomic E-state index is 12.6. The fraction of sp³-hybridized carbons (Fsp3) is 0.565. The van der Waals surface area contributed by atoms with Crippen LogP contribution in [0.2, 0.25) is 0 Å². The highest BCUT2D eigenvalue weighted by Crippen LogP contribution is 2.38. The van der Waals surface area contributed by atoms with Crippen LogP contribution in [0.25, 0.3) is 0 Å². The average molecular weight is 494 g/mol. The van der Waals surface area contributed by atoms with Gasteiger partial charge in [-0.05, 0) is 44.0 Å². The lowest BCUT2D eigenvalue weighted by Gasteiger charge is -2.21. The number of fused-ring (bicyclic) bond motifs is 1. The van der Waals surface area contributed by atoms with Crippen LogP contribution in [0.4, 0.5) is 5.69 Å². The molecule has 3 atom stereocenters. The molecule has 0 radical (unpaired) electrons. The fourth-order valence-corrected chi connectivity index (χ4v) is 6.01. The lowest BCUT2D eigenvalue weighted by atomic mass is 9.81. The minimum absolute atomic E-state index is 0.106. The predicted octanol–water partition coefficient (Wildman–Crippen LogP) is 1.76. The molecular weight excluding hydrogens is 462 g/mol. The first-order chi connectivity index (χ1) is 16.1. The van der Waals surface area contributed by atoms with E-state index >= 15 is 0 Å². The van der Waals surface area contributed by atoms with E-state index in [9.17, 15) is 27.6 Å². The minimum Gasteiger partial charge on any atom is -0.454 e. The molecule has 186 valence electrons. The third kappa shape index (κ3) is 5.15. The molecule has 3 rings (SSSR count). The molecule has 1 aromatic rings. The van der Waals surface area contributed by atoms with Crippen molar-refractivity contribution in [2.75, 3.05) is 25.0 Å². The molecule has 34 heavy (non-hydrogen) atoms. The average Bonchev–Trinajstić information content (AvgIpc) is 3.08. The van der Waals surface area contributed by atoms with Crippen molar-refractivity contribution >= 4 is 39.4 Å². The zero-order valence-corrected chi connectivity index (χ0v) is 20.5. The predicted molar refractivity (Wildman–Crippen MR) is 123 cm³/mol. The normalized spacial score (nSPS) is 21.4. The van der Waals surface area contributed by atoms with E-state index in [1.54, 1.807) is 13.8 Å². The molecular formula is C23H31N3O7S. The molecule has 0 bridgehead atoms. The van der Waals surface area contributed by atoms with Crippen molar-refractivity contribution in [2.24, 2.45) is 11.8 Å². The molecule has 2 aliphatic rings. The summed E-state index contributed by atoms with van der Waals surface area (Å²) in [5, 5.41) is 2.53. The van der Waals surface area contributed by atoms with Crippen LogP contribution in [0.15, 0.2) is 29.2 Å². The zero-order chi connectivity index (χ0) is 25.0. The minimum atomic E-state index is -3.61. The number of amides is 3. The van der Waals surface area contributed by atoms with Gasteiger partial charge < -0.3 is 10.1 Å². The summed E-state index contributed by atoms with van der Waals surface area (Å²) >= 11 is 0. The lowest BCUT2D eigenvalue weighted by Crippen LogP contribution is -2.45. The second kappa shape index (κ2) is 10.6. The largest absolute Gasteiger partial charge is 0.454 e. The molecule has 1 heterocycles. The molecule has 1 N–H and O–H groups in total. The van der Waals surface area contributed by atoms with Gasteiger partial charge in [0.05, 0.1) is 16.7 Å². The Morgan fingerprint density at radius 2 is 1.59 bits per heavy atom. The van der Waals surface area contributed by atoms with Crippen LogP contribution in [0.5, 0.6) is 0 Å². The molecule has 1 aliphatic heterocycles. The Balaban J connectivity index is 1.54. The van der Waals surface area contributed by atoms with Crippen LogP contribution in [0.3, 0.4) is 0 Å². The van der Waals surface area contributed by atoms with Crippen molar-refractivity contribution in [3.63, 3.8) is 0 Å². The summed E-state index contributed by atoms with van der Waals surface area (Å²) in [5.41, 5.74) is 0.335. The van der Waals surface area contributed by atoms with Gasteiger partial charge in [0, 0.05) is 18.8 Å². The Hall–Kier alpha value is -2.79. The Morgan fingerprint density at radius 3 is 2.09 bits per heavy atom. The van der Waals surface area contributed by atoms with Crippen molar-refractivity contribution in [1.29, 1.82) is 0 Å².